The third-order valence-electron chi connectivity index (χ3n) is 1.44. The molecular weight excluding hydrogens is 245 g/mol. The van der Waals surface area contributed by atoms with Gasteiger partial charge in [-0.15, -0.1) is 0 Å². The summed E-state index contributed by atoms with van der Waals surface area (Å²) in [5.74, 6) is 0. The Kier molecular flexibility index (Phi) is 2.69. The zero-order valence-corrected chi connectivity index (χ0v) is 8.52. The largest absolute Gasteiger partial charge is 0.273 e. The lowest BCUT2D eigenvalue weighted by molar-refractivity contribution is -0.385. The highest BCUT2D eigenvalue weighted by Crippen LogP contribution is 2.29. The minimum Gasteiger partial charge on any atom is -0.258 e. The summed E-state index contributed by atoms with van der Waals surface area (Å²) in [5.41, 5.74) is 0.638. The van der Waals surface area contributed by atoms with Crippen molar-refractivity contribution >= 4 is 33.2 Å². The summed E-state index contributed by atoms with van der Waals surface area (Å²) >= 11 is 8.85. The van der Waals surface area contributed by atoms with Gasteiger partial charge in [-0.05, 0) is 28.9 Å². The summed E-state index contributed by atoms with van der Waals surface area (Å²) in [7, 11) is 0. The van der Waals surface area contributed by atoms with Gasteiger partial charge in [-0.25, -0.2) is 0 Å². The van der Waals surface area contributed by atoms with Gasteiger partial charge in [-0.3, -0.25) is 10.1 Å². The smallest absolute Gasteiger partial charge is 0.258 e. The van der Waals surface area contributed by atoms with Crippen molar-refractivity contribution in [1.82, 2.24) is 0 Å². The molecule has 0 saturated carbocycles. The Morgan fingerprint density at radius 3 is 2.67 bits per heavy atom. The highest BCUT2D eigenvalue weighted by atomic mass is 79.9. The predicted octanol–water partition coefficient (Wildman–Crippen LogP) is 3.32. The number of hydrogen-bond acceptors (Lipinski definition) is 2. The van der Waals surface area contributed by atoms with Crippen molar-refractivity contribution in [2.24, 2.45) is 0 Å². The summed E-state index contributed by atoms with van der Waals surface area (Å²) in [6.45, 7) is 1.67. The first-order chi connectivity index (χ1) is 5.52. The SMILES string of the molecule is Cc1cc(Br)c(Cl)cc1[N+](=O)[O-]. The van der Waals surface area contributed by atoms with Crippen molar-refractivity contribution in [3.63, 3.8) is 0 Å². The first-order valence-corrected chi connectivity index (χ1v) is 4.29. The lowest BCUT2D eigenvalue weighted by Gasteiger charge is -1.99. The molecule has 0 aliphatic carbocycles. The van der Waals surface area contributed by atoms with Gasteiger partial charge in [0.25, 0.3) is 5.69 Å². The van der Waals surface area contributed by atoms with Gasteiger partial charge in [0, 0.05) is 16.1 Å². The lowest BCUT2D eigenvalue weighted by Crippen LogP contribution is -1.91. The topological polar surface area (TPSA) is 43.1 Å². The molecule has 64 valence electrons. The number of rotatable bonds is 1. The number of halogens is 2. The van der Waals surface area contributed by atoms with Crippen molar-refractivity contribution in [3.05, 3.63) is 37.3 Å². The maximum absolute atomic E-state index is 10.4. The minimum absolute atomic E-state index is 0.0446. The van der Waals surface area contributed by atoms with Gasteiger partial charge in [0.2, 0.25) is 0 Å². The molecule has 1 aromatic carbocycles. The van der Waals surface area contributed by atoms with Crippen LogP contribution in [0.4, 0.5) is 5.69 Å². The number of benzene rings is 1. The summed E-state index contributed by atoms with van der Waals surface area (Å²) < 4.78 is 0.673. The molecule has 5 heteroatoms. The summed E-state index contributed by atoms with van der Waals surface area (Å²) in [4.78, 5) is 9.97. The Hall–Kier alpha value is -0.610. The number of hydrogen-bond donors (Lipinski definition) is 0. The molecule has 0 radical (unpaired) electrons. The van der Waals surface area contributed by atoms with E-state index in [0.717, 1.165) is 0 Å². The van der Waals surface area contributed by atoms with Crippen molar-refractivity contribution in [2.75, 3.05) is 0 Å². The molecule has 1 rings (SSSR count). The van der Waals surface area contributed by atoms with Gasteiger partial charge in [0.1, 0.15) is 0 Å². The fourth-order valence-corrected chi connectivity index (χ4v) is 1.45. The zero-order valence-electron chi connectivity index (χ0n) is 6.17. The van der Waals surface area contributed by atoms with Crippen LogP contribution in [0.1, 0.15) is 5.56 Å². The van der Waals surface area contributed by atoms with Crippen LogP contribution in [0, 0.1) is 17.0 Å². The minimum atomic E-state index is -0.451. The van der Waals surface area contributed by atoms with Crippen molar-refractivity contribution < 1.29 is 4.92 Å². The molecular formula is C7H5BrClNO2. The van der Waals surface area contributed by atoms with E-state index in [2.05, 4.69) is 15.9 Å². The van der Waals surface area contributed by atoms with Crippen molar-refractivity contribution in [3.8, 4) is 0 Å². The first-order valence-electron chi connectivity index (χ1n) is 3.12. The summed E-state index contributed by atoms with van der Waals surface area (Å²) in [5, 5.41) is 10.8. The van der Waals surface area contributed by atoms with Crippen molar-refractivity contribution in [2.45, 2.75) is 6.92 Å². The fourth-order valence-electron chi connectivity index (χ4n) is 0.832. The maximum Gasteiger partial charge on any atom is 0.273 e. The summed E-state index contributed by atoms with van der Waals surface area (Å²) in [6.07, 6.45) is 0. The van der Waals surface area contributed by atoms with E-state index >= 15 is 0 Å². The van der Waals surface area contributed by atoms with Crippen LogP contribution < -0.4 is 0 Å². The van der Waals surface area contributed by atoms with E-state index in [4.69, 9.17) is 11.6 Å². The van der Waals surface area contributed by atoms with E-state index in [9.17, 15) is 10.1 Å². The molecule has 0 aliphatic heterocycles. The number of nitro groups is 1. The second kappa shape index (κ2) is 3.41. The van der Waals surface area contributed by atoms with Crippen LogP contribution in [-0.2, 0) is 0 Å². The molecule has 0 atom stereocenters. The zero-order chi connectivity index (χ0) is 9.30. The van der Waals surface area contributed by atoms with Gasteiger partial charge in [-0.2, -0.15) is 0 Å². The molecule has 0 amide bonds. The average Bonchev–Trinajstić information content (AvgIpc) is 1.96. The van der Waals surface area contributed by atoms with Gasteiger partial charge in [0.05, 0.1) is 9.95 Å². The Balaban J connectivity index is 3.33. The summed E-state index contributed by atoms with van der Waals surface area (Å²) in [6, 6.07) is 2.96. The van der Waals surface area contributed by atoms with E-state index in [0.29, 0.717) is 15.1 Å². The molecule has 0 unspecified atom stereocenters. The molecule has 12 heavy (non-hydrogen) atoms. The molecule has 0 fully saturated rings. The molecule has 0 spiro atoms. The first kappa shape index (κ1) is 9.48. The highest BCUT2D eigenvalue weighted by molar-refractivity contribution is 9.10. The molecule has 0 saturated heterocycles. The average molecular weight is 250 g/mol. The van der Waals surface area contributed by atoms with E-state index in [1.165, 1.54) is 6.07 Å². The Morgan fingerprint density at radius 1 is 1.58 bits per heavy atom. The molecule has 0 N–H and O–H groups in total. The molecule has 3 nitrogen and oxygen atoms in total. The monoisotopic (exact) mass is 249 g/mol. The molecule has 0 aliphatic rings. The van der Waals surface area contributed by atoms with E-state index in [1.54, 1.807) is 13.0 Å². The van der Waals surface area contributed by atoms with E-state index in [-0.39, 0.29) is 5.69 Å². The van der Waals surface area contributed by atoms with Crippen LogP contribution in [0.3, 0.4) is 0 Å². The Morgan fingerprint density at radius 2 is 2.17 bits per heavy atom. The van der Waals surface area contributed by atoms with Gasteiger partial charge in [-0.1, -0.05) is 11.6 Å². The molecule has 0 heterocycles. The van der Waals surface area contributed by atoms with E-state index in [1.807, 2.05) is 0 Å². The van der Waals surface area contributed by atoms with Gasteiger partial charge < -0.3 is 0 Å². The lowest BCUT2D eigenvalue weighted by atomic mass is 10.2. The number of nitro benzene ring substituents is 1. The van der Waals surface area contributed by atoms with Crippen LogP contribution in [0.25, 0.3) is 0 Å². The molecule has 0 aromatic heterocycles. The highest BCUT2D eigenvalue weighted by Gasteiger charge is 2.12. The van der Waals surface area contributed by atoms with Crippen LogP contribution in [0.5, 0.6) is 0 Å². The quantitative estimate of drug-likeness (QED) is 0.567. The molecule has 0 bridgehead atoms. The normalized spacial score (nSPS) is 9.92. The third-order valence-corrected chi connectivity index (χ3v) is 2.63. The number of nitrogens with zero attached hydrogens (tertiary/aromatic N) is 1. The second-order valence-corrected chi connectivity index (χ2v) is 3.57. The van der Waals surface area contributed by atoms with E-state index < -0.39 is 4.92 Å². The van der Waals surface area contributed by atoms with Crippen LogP contribution in [0.15, 0.2) is 16.6 Å². The van der Waals surface area contributed by atoms with Gasteiger partial charge >= 0.3 is 0 Å². The van der Waals surface area contributed by atoms with Crippen LogP contribution in [-0.4, -0.2) is 4.92 Å². The fraction of sp³-hybridized carbons (Fsp3) is 0.143. The predicted molar refractivity (Wildman–Crippen MR) is 50.5 cm³/mol. The van der Waals surface area contributed by atoms with Crippen LogP contribution >= 0.6 is 27.5 Å². The third kappa shape index (κ3) is 1.76. The Bertz CT molecular complexity index is 340. The second-order valence-electron chi connectivity index (χ2n) is 2.31. The standard InChI is InChI=1S/C7H5BrClNO2/c1-4-2-5(8)6(9)3-7(4)10(11)12/h2-3H,1H3. The van der Waals surface area contributed by atoms with Crippen molar-refractivity contribution in [1.29, 1.82) is 0 Å². The Labute approximate surface area is 82.6 Å². The number of aryl methyl sites for hydroxylation is 1. The van der Waals surface area contributed by atoms with Crippen LogP contribution in [0.2, 0.25) is 5.02 Å². The van der Waals surface area contributed by atoms with Gasteiger partial charge in [0.15, 0.2) is 0 Å². The maximum atomic E-state index is 10.4. The molecule has 1 aromatic rings.